The van der Waals surface area contributed by atoms with Gasteiger partial charge in [-0.15, -0.1) is 12.4 Å². The normalized spacial score (nSPS) is 8.06. The van der Waals surface area contributed by atoms with E-state index in [0.717, 1.165) is 0 Å². The van der Waals surface area contributed by atoms with Crippen molar-refractivity contribution in [2.24, 2.45) is 0 Å². The van der Waals surface area contributed by atoms with E-state index in [9.17, 15) is 0 Å². The summed E-state index contributed by atoms with van der Waals surface area (Å²) in [4.78, 5) is 6.17. The molecule has 98 valence electrons. The summed E-state index contributed by atoms with van der Waals surface area (Å²) in [6.07, 6.45) is 5.83. The largest absolute Gasteiger partial charge is 4.00 e. The van der Waals surface area contributed by atoms with Crippen LogP contribution in [0, 0.1) is 40.9 Å². The molecule has 5 heteroatoms. The van der Waals surface area contributed by atoms with E-state index in [1.807, 2.05) is 0 Å². The topological polar surface area (TPSA) is 28.7 Å². The summed E-state index contributed by atoms with van der Waals surface area (Å²) in [6, 6.07) is 0. The molecule has 2 rings (SSSR count). The maximum atomic E-state index is 3.54. The second-order valence-electron chi connectivity index (χ2n) is 3.83. The fourth-order valence-electron chi connectivity index (χ4n) is 1.59. The van der Waals surface area contributed by atoms with E-state index in [1.165, 1.54) is 27.8 Å². The van der Waals surface area contributed by atoms with Crippen LogP contribution < -0.4 is 24.8 Å². The summed E-state index contributed by atoms with van der Waals surface area (Å²) in [5.74, 6) is 0. The number of nitrogens with one attached hydrogen (secondary N) is 1. The first-order chi connectivity index (χ1) is 7.05. The van der Waals surface area contributed by atoms with Crippen molar-refractivity contribution in [3.8, 4) is 0 Å². The standard InChI is InChI=1S/C10H15.C3H3N2.2ClH.Ti/c1-6-7(2)9(4)10(5)8(6)3;1-2-5-3-4-1;;;/h1-5H3;1-2H,(H,4,5);2*1H;/q2*-1;;;+4/p-2. The van der Waals surface area contributed by atoms with Crippen molar-refractivity contribution < 1.29 is 46.5 Å². The van der Waals surface area contributed by atoms with Crippen LogP contribution in [0.3, 0.4) is 0 Å². The molecule has 0 aliphatic rings. The molecule has 0 fully saturated rings. The van der Waals surface area contributed by atoms with Gasteiger partial charge in [0.15, 0.2) is 0 Å². The molecule has 0 radical (unpaired) electrons. The van der Waals surface area contributed by atoms with E-state index >= 15 is 0 Å². The Kier molecular flexibility index (Phi) is 13.7. The van der Waals surface area contributed by atoms with E-state index < -0.39 is 0 Å². The molecule has 0 saturated carbocycles. The summed E-state index contributed by atoms with van der Waals surface area (Å²) in [7, 11) is 0. The molecule has 18 heavy (non-hydrogen) atoms. The molecule has 2 aromatic rings. The Hall–Kier alpha value is -0.146. The van der Waals surface area contributed by atoms with Crippen LogP contribution in [0.25, 0.3) is 0 Å². The molecule has 1 aromatic heterocycles. The Morgan fingerprint density at radius 2 is 1.50 bits per heavy atom. The first-order valence-electron chi connectivity index (χ1n) is 5.10. The average Bonchev–Trinajstić information content (AvgIpc) is 2.86. The molecular formula is C13H18Cl2N2Ti. The van der Waals surface area contributed by atoms with Gasteiger partial charge in [-0.1, -0.05) is 34.6 Å². The first-order valence-corrected chi connectivity index (χ1v) is 5.10. The number of aromatic nitrogens is 2. The SMILES string of the molecule is Cc1c(C)c(C)[c-](C)c1C.[Cl-].[Cl-].[Ti+4].[c-]1ncc[nH]1. The van der Waals surface area contributed by atoms with Gasteiger partial charge in [-0.05, 0) is 6.33 Å². The first kappa shape index (κ1) is 23.0. The maximum absolute atomic E-state index is 3.54. The Balaban J connectivity index is -0.000000245. The molecule has 1 aromatic carbocycles. The van der Waals surface area contributed by atoms with Crippen LogP contribution in [-0.4, -0.2) is 9.97 Å². The minimum absolute atomic E-state index is 0. The van der Waals surface area contributed by atoms with Gasteiger partial charge >= 0.3 is 21.7 Å². The zero-order valence-electron chi connectivity index (χ0n) is 11.4. The number of rotatable bonds is 0. The summed E-state index contributed by atoms with van der Waals surface area (Å²) in [6.45, 7) is 11.0. The monoisotopic (exact) mass is 320 g/mol. The van der Waals surface area contributed by atoms with Crippen molar-refractivity contribution in [3.05, 3.63) is 46.5 Å². The Bertz CT molecular complexity index is 325. The number of hydrogen-bond donors (Lipinski definition) is 1. The van der Waals surface area contributed by atoms with Crippen molar-refractivity contribution in [2.75, 3.05) is 0 Å². The van der Waals surface area contributed by atoms with Crippen LogP contribution in [0.4, 0.5) is 0 Å². The third-order valence-corrected chi connectivity index (χ3v) is 3.17. The summed E-state index contributed by atoms with van der Waals surface area (Å²) in [5, 5.41) is 0. The van der Waals surface area contributed by atoms with Crippen LogP contribution in [0.15, 0.2) is 12.4 Å². The Morgan fingerprint density at radius 1 is 1.06 bits per heavy atom. The molecule has 0 amide bonds. The molecule has 0 aliphatic heterocycles. The summed E-state index contributed by atoms with van der Waals surface area (Å²) < 4.78 is 0. The molecule has 0 aliphatic carbocycles. The van der Waals surface area contributed by atoms with E-state index in [2.05, 4.69) is 50.9 Å². The third-order valence-electron chi connectivity index (χ3n) is 3.17. The molecule has 0 saturated heterocycles. The van der Waals surface area contributed by atoms with Gasteiger partial charge in [0.2, 0.25) is 0 Å². The Morgan fingerprint density at radius 3 is 1.61 bits per heavy atom. The van der Waals surface area contributed by atoms with Crippen LogP contribution in [-0.2, 0) is 21.7 Å². The second-order valence-corrected chi connectivity index (χ2v) is 3.83. The minimum Gasteiger partial charge on any atom is -1.00 e. The average molecular weight is 321 g/mol. The molecular weight excluding hydrogens is 303 g/mol. The number of imidazole rings is 1. The van der Waals surface area contributed by atoms with Crippen LogP contribution in [0.2, 0.25) is 0 Å². The van der Waals surface area contributed by atoms with E-state index in [-0.39, 0.29) is 46.5 Å². The number of aromatic amines is 1. The Labute approximate surface area is 137 Å². The molecule has 2 nitrogen and oxygen atoms in total. The number of halogens is 2. The van der Waals surface area contributed by atoms with Gasteiger partial charge in [0.25, 0.3) is 0 Å². The molecule has 0 atom stereocenters. The second kappa shape index (κ2) is 10.7. The van der Waals surface area contributed by atoms with Gasteiger partial charge in [0.05, 0.1) is 0 Å². The molecule has 0 spiro atoms. The fraction of sp³-hybridized carbons (Fsp3) is 0.385. The predicted octanol–water partition coefficient (Wildman–Crippen LogP) is -2.84. The van der Waals surface area contributed by atoms with E-state index in [1.54, 1.807) is 12.4 Å². The van der Waals surface area contributed by atoms with E-state index in [0.29, 0.717) is 0 Å². The quantitative estimate of drug-likeness (QED) is 0.411. The van der Waals surface area contributed by atoms with Gasteiger partial charge in [-0.2, -0.15) is 27.8 Å². The van der Waals surface area contributed by atoms with Gasteiger partial charge in [0.1, 0.15) is 0 Å². The summed E-state index contributed by atoms with van der Waals surface area (Å²) in [5.41, 5.74) is 7.34. The van der Waals surface area contributed by atoms with Crippen LogP contribution in [0.5, 0.6) is 0 Å². The molecule has 0 bridgehead atoms. The zero-order valence-corrected chi connectivity index (χ0v) is 14.4. The van der Waals surface area contributed by atoms with Crippen molar-refractivity contribution in [3.63, 3.8) is 0 Å². The van der Waals surface area contributed by atoms with E-state index in [4.69, 9.17) is 0 Å². The maximum Gasteiger partial charge on any atom is 4.00 e. The van der Waals surface area contributed by atoms with Crippen LogP contribution >= 0.6 is 0 Å². The van der Waals surface area contributed by atoms with Gasteiger partial charge in [0, 0.05) is 0 Å². The predicted molar refractivity (Wildman–Crippen MR) is 63.1 cm³/mol. The number of nitrogens with zero attached hydrogens (tertiary/aromatic N) is 1. The van der Waals surface area contributed by atoms with Gasteiger partial charge in [-0.25, -0.2) is 0 Å². The fourth-order valence-corrected chi connectivity index (χ4v) is 1.59. The smallest absolute Gasteiger partial charge is 1.00 e. The van der Waals surface area contributed by atoms with Gasteiger partial charge in [-0.3, -0.25) is 0 Å². The zero-order chi connectivity index (χ0) is 11.4. The molecule has 1 heterocycles. The van der Waals surface area contributed by atoms with Crippen LogP contribution in [0.1, 0.15) is 27.8 Å². The molecule has 1 N–H and O–H groups in total. The number of H-pyrrole nitrogens is 1. The third kappa shape index (κ3) is 5.66. The summed E-state index contributed by atoms with van der Waals surface area (Å²) >= 11 is 0. The number of hydrogen-bond acceptors (Lipinski definition) is 1. The van der Waals surface area contributed by atoms with Crippen molar-refractivity contribution in [1.82, 2.24) is 9.97 Å². The van der Waals surface area contributed by atoms with Gasteiger partial charge < -0.3 is 34.8 Å². The minimum atomic E-state index is 0. The van der Waals surface area contributed by atoms with Crippen molar-refractivity contribution in [1.29, 1.82) is 0 Å². The van der Waals surface area contributed by atoms with Crippen molar-refractivity contribution >= 4 is 0 Å². The van der Waals surface area contributed by atoms with Crippen molar-refractivity contribution in [2.45, 2.75) is 34.6 Å². The molecule has 0 unspecified atom stereocenters.